The van der Waals surface area contributed by atoms with Gasteiger partial charge in [0.25, 0.3) is 0 Å². The smallest absolute Gasteiger partial charge is 0.199 e. The van der Waals surface area contributed by atoms with Crippen LogP contribution in [-0.4, -0.2) is 17.1 Å². The van der Waals surface area contributed by atoms with Crippen molar-refractivity contribution in [3.05, 3.63) is 71.3 Å². The summed E-state index contributed by atoms with van der Waals surface area (Å²) in [5.41, 5.74) is 4.89. The fourth-order valence-corrected chi connectivity index (χ4v) is 2.09. The molecule has 0 spiro atoms. The Kier molecular flexibility index (Phi) is 3.05. The van der Waals surface area contributed by atoms with E-state index in [9.17, 15) is 9.90 Å². The number of nitrogens with one attached hydrogen (secondary N) is 1. The highest BCUT2D eigenvalue weighted by molar-refractivity contribution is 6.30. The molecule has 2 aromatic rings. The van der Waals surface area contributed by atoms with Gasteiger partial charge in [-0.1, -0.05) is 42.5 Å². The molecule has 20 heavy (non-hydrogen) atoms. The second kappa shape index (κ2) is 5.01. The molecule has 4 heteroatoms. The Balaban J connectivity index is 1.82. The third-order valence-corrected chi connectivity index (χ3v) is 3.09. The lowest BCUT2D eigenvalue weighted by atomic mass is 10.1. The summed E-state index contributed by atoms with van der Waals surface area (Å²) in [6, 6.07) is 16.3. The summed E-state index contributed by atoms with van der Waals surface area (Å²) in [5, 5.41) is 14.0. The first-order valence-corrected chi connectivity index (χ1v) is 6.19. The number of rotatable bonds is 3. The molecular weight excluding hydrogens is 252 g/mol. The number of Topliss-reactive ketones (excluding diaryl/α,β-unsaturated/α-hetero) is 1. The molecule has 0 heterocycles. The molecule has 4 nitrogen and oxygen atoms in total. The molecule has 0 aliphatic heterocycles. The van der Waals surface area contributed by atoms with Crippen LogP contribution in [0.25, 0.3) is 5.76 Å². The Morgan fingerprint density at radius 2 is 1.60 bits per heavy atom. The minimum absolute atomic E-state index is 0.0239. The molecule has 2 aromatic carbocycles. The lowest BCUT2D eigenvalue weighted by Crippen LogP contribution is -2.01. The van der Waals surface area contributed by atoms with Gasteiger partial charge in [0.1, 0.15) is 5.76 Å². The molecule has 1 aliphatic rings. The van der Waals surface area contributed by atoms with Crippen LogP contribution in [0.2, 0.25) is 0 Å². The maximum Gasteiger partial charge on any atom is 0.199 e. The van der Waals surface area contributed by atoms with E-state index in [4.69, 9.17) is 0 Å². The summed E-state index contributed by atoms with van der Waals surface area (Å²) >= 11 is 0. The molecule has 0 atom stereocenters. The second-order valence-corrected chi connectivity index (χ2v) is 4.37. The summed E-state index contributed by atoms with van der Waals surface area (Å²) < 4.78 is 0. The van der Waals surface area contributed by atoms with Crippen LogP contribution in [0.3, 0.4) is 0 Å². The van der Waals surface area contributed by atoms with E-state index in [-0.39, 0.29) is 17.1 Å². The van der Waals surface area contributed by atoms with Gasteiger partial charge in [0.15, 0.2) is 5.78 Å². The molecule has 0 saturated heterocycles. The Morgan fingerprint density at radius 1 is 0.950 bits per heavy atom. The third kappa shape index (κ3) is 2.07. The van der Waals surface area contributed by atoms with Gasteiger partial charge in [-0.25, -0.2) is 0 Å². The molecule has 0 amide bonds. The summed E-state index contributed by atoms with van der Waals surface area (Å²) in [7, 11) is 0. The van der Waals surface area contributed by atoms with Crippen molar-refractivity contribution in [2.24, 2.45) is 5.10 Å². The molecule has 0 saturated carbocycles. The van der Waals surface area contributed by atoms with Crippen molar-refractivity contribution in [3.63, 3.8) is 0 Å². The van der Waals surface area contributed by atoms with Crippen LogP contribution in [0.4, 0.5) is 5.69 Å². The van der Waals surface area contributed by atoms with Crippen molar-refractivity contribution in [1.29, 1.82) is 0 Å². The average molecular weight is 264 g/mol. The van der Waals surface area contributed by atoms with Crippen LogP contribution in [0.15, 0.2) is 65.3 Å². The molecule has 0 aromatic heterocycles. The average Bonchev–Trinajstić information content (AvgIpc) is 2.74. The van der Waals surface area contributed by atoms with E-state index >= 15 is 0 Å². The number of fused-ring (bicyclic) bond motifs is 1. The van der Waals surface area contributed by atoms with Gasteiger partial charge in [-0.3, -0.25) is 10.2 Å². The van der Waals surface area contributed by atoms with Crippen molar-refractivity contribution < 1.29 is 9.90 Å². The van der Waals surface area contributed by atoms with E-state index < -0.39 is 0 Å². The highest BCUT2D eigenvalue weighted by Crippen LogP contribution is 2.29. The lowest BCUT2D eigenvalue weighted by molar-refractivity contribution is 0.104. The molecule has 3 rings (SSSR count). The molecule has 0 unspecified atom stereocenters. The fourth-order valence-electron chi connectivity index (χ4n) is 2.09. The highest BCUT2D eigenvalue weighted by Gasteiger charge is 2.27. The number of aliphatic hydroxyl groups excluding tert-OH is 1. The maximum atomic E-state index is 12.1. The minimum Gasteiger partial charge on any atom is -0.506 e. The number of hydrogen-bond donors (Lipinski definition) is 2. The van der Waals surface area contributed by atoms with Gasteiger partial charge in [0.2, 0.25) is 0 Å². The predicted octanol–water partition coefficient (Wildman–Crippen LogP) is 3.25. The number of hydrogen-bond acceptors (Lipinski definition) is 4. The monoisotopic (exact) mass is 264 g/mol. The summed E-state index contributed by atoms with van der Waals surface area (Å²) in [5.74, 6) is -0.235. The number of carbonyl (C=O) groups excluding carboxylic acids is 1. The van der Waals surface area contributed by atoms with Gasteiger partial charge in [-0.15, -0.1) is 0 Å². The summed E-state index contributed by atoms with van der Waals surface area (Å²) in [4.78, 5) is 12.1. The number of aliphatic hydroxyl groups is 1. The zero-order valence-corrected chi connectivity index (χ0v) is 10.6. The van der Waals surface area contributed by atoms with E-state index in [1.165, 1.54) is 6.21 Å². The minimum atomic E-state index is -0.211. The van der Waals surface area contributed by atoms with E-state index in [1.807, 2.05) is 30.3 Å². The second-order valence-electron chi connectivity index (χ2n) is 4.37. The van der Waals surface area contributed by atoms with Gasteiger partial charge in [0.05, 0.1) is 17.5 Å². The molecular formula is C16H12N2O2. The Labute approximate surface area is 116 Å². The third-order valence-electron chi connectivity index (χ3n) is 3.09. The first-order chi connectivity index (χ1) is 9.77. The van der Waals surface area contributed by atoms with Crippen molar-refractivity contribution in [3.8, 4) is 0 Å². The standard InChI is InChI=1S/C16H12N2O2/c19-15-12-8-4-5-9-13(12)16(20)14(15)10-17-18-11-6-2-1-3-7-11/h1-10,18-19H. The number of ketones is 1. The molecule has 98 valence electrons. The number of allylic oxidation sites excluding steroid dienone is 1. The number of carbonyl (C=O) groups is 1. The lowest BCUT2D eigenvalue weighted by Gasteiger charge is -1.98. The number of benzene rings is 2. The van der Waals surface area contributed by atoms with Crippen LogP contribution in [0, 0.1) is 0 Å². The van der Waals surface area contributed by atoms with Crippen LogP contribution < -0.4 is 5.43 Å². The number of para-hydroxylation sites is 1. The molecule has 0 fully saturated rings. The SMILES string of the molecule is O=C1C(C=NNc2ccccc2)=C(O)c2ccccc21. The van der Waals surface area contributed by atoms with Gasteiger partial charge >= 0.3 is 0 Å². The Morgan fingerprint density at radius 3 is 2.30 bits per heavy atom. The predicted molar refractivity (Wildman–Crippen MR) is 78.9 cm³/mol. The van der Waals surface area contributed by atoms with Crippen LogP contribution in [0.5, 0.6) is 0 Å². The molecule has 1 aliphatic carbocycles. The highest BCUT2D eigenvalue weighted by atomic mass is 16.3. The van der Waals surface area contributed by atoms with E-state index in [0.717, 1.165) is 5.69 Å². The number of nitrogens with zero attached hydrogens (tertiary/aromatic N) is 1. The summed E-state index contributed by atoms with van der Waals surface area (Å²) in [6.07, 6.45) is 1.35. The van der Waals surface area contributed by atoms with Crippen molar-refractivity contribution in [1.82, 2.24) is 0 Å². The topological polar surface area (TPSA) is 61.7 Å². The number of anilines is 1. The van der Waals surface area contributed by atoms with E-state index in [1.54, 1.807) is 24.3 Å². The van der Waals surface area contributed by atoms with Crippen molar-refractivity contribution in [2.45, 2.75) is 0 Å². The van der Waals surface area contributed by atoms with Crippen LogP contribution in [-0.2, 0) is 0 Å². The van der Waals surface area contributed by atoms with E-state index in [2.05, 4.69) is 10.5 Å². The van der Waals surface area contributed by atoms with Gasteiger partial charge in [0, 0.05) is 11.1 Å². The quantitative estimate of drug-likeness (QED) is 0.660. The zero-order chi connectivity index (χ0) is 13.9. The summed E-state index contributed by atoms with van der Waals surface area (Å²) in [6.45, 7) is 0. The first-order valence-electron chi connectivity index (χ1n) is 6.19. The van der Waals surface area contributed by atoms with Crippen LogP contribution >= 0.6 is 0 Å². The molecule has 0 bridgehead atoms. The Bertz CT molecular complexity index is 718. The maximum absolute atomic E-state index is 12.1. The van der Waals surface area contributed by atoms with Crippen molar-refractivity contribution in [2.75, 3.05) is 5.43 Å². The fraction of sp³-hybridized carbons (Fsp3) is 0. The van der Waals surface area contributed by atoms with Gasteiger partial charge in [-0.2, -0.15) is 5.10 Å². The van der Waals surface area contributed by atoms with Gasteiger partial charge < -0.3 is 5.11 Å². The normalized spacial score (nSPS) is 13.9. The van der Waals surface area contributed by atoms with Gasteiger partial charge in [-0.05, 0) is 12.1 Å². The Hall–Kier alpha value is -2.88. The molecule has 2 N–H and O–H groups in total. The van der Waals surface area contributed by atoms with Crippen molar-refractivity contribution >= 4 is 23.4 Å². The van der Waals surface area contributed by atoms with Crippen LogP contribution in [0.1, 0.15) is 15.9 Å². The largest absolute Gasteiger partial charge is 0.506 e. The number of hydrazone groups is 1. The zero-order valence-electron chi connectivity index (χ0n) is 10.6. The first kappa shape index (κ1) is 12.2. The molecule has 0 radical (unpaired) electrons. The van der Waals surface area contributed by atoms with E-state index in [0.29, 0.717) is 11.1 Å².